The predicted octanol–water partition coefficient (Wildman–Crippen LogP) is 5.42. The SMILES string of the molecule is COc1ccc2nc([S@@](=O)Cc3ncc(C)c(OC)c3C)[nH]c2c1.COc1ccc2nc([S@@](=O)Cc3ncc(C)c(OC)c3C)[nH]c2c1.[Mg+2]. The van der Waals surface area contributed by atoms with Crippen molar-refractivity contribution in [1.29, 1.82) is 0 Å². The molecule has 6 rings (SSSR count). The number of aromatic nitrogens is 6. The number of pyridine rings is 2. The second-order valence-electron chi connectivity index (χ2n) is 10.9. The number of ether oxygens (including phenoxy) is 4. The molecule has 0 radical (unpaired) electrons. The average molecular weight is 715 g/mol. The maximum Gasteiger partial charge on any atom is 2.00 e. The Balaban J connectivity index is 0.000000216. The molecule has 0 bridgehead atoms. The van der Waals surface area contributed by atoms with Gasteiger partial charge in [0, 0.05) is 46.8 Å². The van der Waals surface area contributed by atoms with E-state index in [0.717, 1.165) is 78.7 Å². The number of fused-ring (bicyclic) bond motifs is 2. The number of hydrogen-bond donors (Lipinski definition) is 2. The van der Waals surface area contributed by atoms with Gasteiger partial charge in [-0.05, 0) is 52.0 Å². The molecular weight excluding hydrogens is 677 g/mol. The van der Waals surface area contributed by atoms with Crippen molar-refractivity contribution in [2.75, 3.05) is 28.4 Å². The number of rotatable bonds is 10. The minimum Gasteiger partial charge on any atom is -0.497 e. The van der Waals surface area contributed by atoms with E-state index in [-0.39, 0.29) is 34.6 Å². The van der Waals surface area contributed by atoms with Crippen LogP contribution in [0, 0.1) is 27.7 Å². The van der Waals surface area contributed by atoms with E-state index in [4.69, 9.17) is 18.9 Å². The van der Waals surface area contributed by atoms with Crippen molar-refractivity contribution in [3.8, 4) is 23.0 Å². The minimum atomic E-state index is -1.33. The standard InChI is InChI=1S/2C17H19N3O3S.Mg/c2*1-10-8-18-15(11(2)16(10)23-4)9-24(21)17-19-13-6-5-12(22-3)7-14(13)20-17;/h2*5-8H,9H2,1-4H3,(H,19,20);/q;;+2/t2*24-;/m00./s1. The monoisotopic (exact) mass is 714 g/mol. The fourth-order valence-electron chi connectivity index (χ4n) is 5.22. The van der Waals surface area contributed by atoms with Crippen LogP contribution in [0.4, 0.5) is 0 Å². The molecule has 4 heterocycles. The molecule has 0 amide bonds. The number of nitrogens with zero attached hydrogens (tertiary/aromatic N) is 4. The molecule has 0 aliphatic carbocycles. The fraction of sp³-hybridized carbons (Fsp3) is 0.294. The molecule has 12 nitrogen and oxygen atoms in total. The van der Waals surface area contributed by atoms with Crippen molar-refractivity contribution in [2.45, 2.75) is 49.5 Å². The Bertz CT molecular complexity index is 2000. The molecule has 6 aromatic rings. The maximum absolute atomic E-state index is 12.7. The van der Waals surface area contributed by atoms with Gasteiger partial charge in [0.25, 0.3) is 0 Å². The number of imidazole rings is 2. The third-order valence-electron chi connectivity index (χ3n) is 7.80. The fourth-order valence-corrected chi connectivity index (χ4v) is 7.42. The van der Waals surface area contributed by atoms with Crippen LogP contribution in [0.15, 0.2) is 59.1 Å². The van der Waals surface area contributed by atoms with E-state index in [1.54, 1.807) is 40.8 Å². The number of aromatic amines is 2. The van der Waals surface area contributed by atoms with Crippen molar-refractivity contribution in [1.82, 2.24) is 29.9 Å². The van der Waals surface area contributed by atoms with Crippen LogP contribution in [0.1, 0.15) is 33.6 Å². The second-order valence-corrected chi connectivity index (χ2v) is 13.7. The van der Waals surface area contributed by atoms with E-state index < -0.39 is 21.6 Å². The summed E-state index contributed by atoms with van der Waals surface area (Å²) in [6, 6.07) is 11.0. The van der Waals surface area contributed by atoms with Crippen LogP contribution in [0.2, 0.25) is 0 Å². The molecule has 0 spiro atoms. The normalized spacial score (nSPS) is 12.1. The Labute approximate surface area is 305 Å². The summed E-state index contributed by atoms with van der Waals surface area (Å²) in [6.07, 6.45) is 3.48. The van der Waals surface area contributed by atoms with Gasteiger partial charge in [-0.1, -0.05) is 0 Å². The minimum absolute atomic E-state index is 0. The molecule has 0 saturated heterocycles. The summed E-state index contributed by atoms with van der Waals surface area (Å²) in [5.74, 6) is 3.57. The van der Waals surface area contributed by atoms with E-state index >= 15 is 0 Å². The zero-order chi connectivity index (χ0) is 34.5. The molecule has 0 fully saturated rings. The van der Waals surface area contributed by atoms with Gasteiger partial charge < -0.3 is 28.9 Å². The first-order valence-corrected chi connectivity index (χ1v) is 17.5. The predicted molar refractivity (Wildman–Crippen MR) is 192 cm³/mol. The molecule has 0 saturated carbocycles. The average Bonchev–Trinajstić information content (AvgIpc) is 3.72. The third kappa shape index (κ3) is 8.40. The number of aryl methyl sites for hydroxylation is 2. The summed E-state index contributed by atoms with van der Waals surface area (Å²) in [5.41, 5.74) is 8.32. The number of nitrogens with one attached hydrogen (secondary N) is 2. The number of H-pyrrole nitrogens is 2. The van der Waals surface area contributed by atoms with Crippen molar-refractivity contribution >= 4 is 66.7 Å². The molecular formula is C34H38MgN6O6S2+2. The van der Waals surface area contributed by atoms with Gasteiger partial charge in [-0.2, -0.15) is 0 Å². The van der Waals surface area contributed by atoms with Crippen LogP contribution in [0.5, 0.6) is 23.0 Å². The van der Waals surface area contributed by atoms with Crippen molar-refractivity contribution in [3.63, 3.8) is 0 Å². The van der Waals surface area contributed by atoms with Crippen LogP contribution in [-0.2, 0) is 33.1 Å². The van der Waals surface area contributed by atoms with Gasteiger partial charge in [-0.15, -0.1) is 0 Å². The number of hydrogen-bond acceptors (Lipinski definition) is 10. The van der Waals surface area contributed by atoms with E-state index in [1.165, 1.54) is 0 Å². The summed E-state index contributed by atoms with van der Waals surface area (Å²) >= 11 is 0. The van der Waals surface area contributed by atoms with Crippen LogP contribution < -0.4 is 18.9 Å². The van der Waals surface area contributed by atoms with Gasteiger partial charge in [0.2, 0.25) is 0 Å². The largest absolute Gasteiger partial charge is 2.00 e. The first-order valence-electron chi connectivity index (χ1n) is 14.9. The molecule has 0 aliphatic heterocycles. The van der Waals surface area contributed by atoms with Gasteiger partial charge in [-0.3, -0.25) is 18.4 Å². The smallest absolute Gasteiger partial charge is 0.497 e. The molecule has 15 heteroatoms. The Morgan fingerprint density at radius 1 is 0.612 bits per heavy atom. The summed E-state index contributed by atoms with van der Waals surface area (Å²) in [4.78, 5) is 23.8. The van der Waals surface area contributed by atoms with Crippen LogP contribution in [0.25, 0.3) is 22.1 Å². The van der Waals surface area contributed by atoms with E-state index in [9.17, 15) is 8.42 Å². The number of benzene rings is 2. The summed E-state index contributed by atoms with van der Waals surface area (Å²) < 4.78 is 46.5. The van der Waals surface area contributed by atoms with Gasteiger partial charge in [-0.25, -0.2) is 9.97 Å². The quantitative estimate of drug-likeness (QED) is 0.176. The molecule has 0 unspecified atom stereocenters. The topological polar surface area (TPSA) is 154 Å². The Kier molecular flexibility index (Phi) is 12.8. The Morgan fingerprint density at radius 2 is 1.00 bits per heavy atom. The molecule has 0 aliphatic rings. The molecule has 49 heavy (non-hydrogen) atoms. The van der Waals surface area contributed by atoms with E-state index in [1.807, 2.05) is 64.1 Å². The van der Waals surface area contributed by atoms with E-state index in [0.29, 0.717) is 10.3 Å². The maximum atomic E-state index is 12.7. The molecule has 252 valence electrons. The van der Waals surface area contributed by atoms with Crippen LogP contribution in [-0.4, -0.2) is 89.8 Å². The zero-order valence-electron chi connectivity index (χ0n) is 28.8. The van der Waals surface area contributed by atoms with Gasteiger partial charge >= 0.3 is 23.1 Å². The molecule has 4 aromatic heterocycles. The first-order chi connectivity index (χ1) is 23.1. The van der Waals surface area contributed by atoms with Gasteiger partial charge in [0.1, 0.15) is 23.0 Å². The summed E-state index contributed by atoms with van der Waals surface area (Å²) in [6.45, 7) is 7.72. The summed E-state index contributed by atoms with van der Waals surface area (Å²) in [5, 5.41) is 0.859. The molecule has 2 atom stereocenters. The molecule has 2 aromatic carbocycles. The number of methoxy groups -OCH3 is 4. The van der Waals surface area contributed by atoms with Crippen LogP contribution >= 0.6 is 0 Å². The Hall–Kier alpha value is -4.05. The van der Waals surface area contributed by atoms with E-state index in [2.05, 4.69) is 29.9 Å². The molecule has 2 N–H and O–H groups in total. The first kappa shape index (κ1) is 37.8. The zero-order valence-corrected chi connectivity index (χ0v) is 31.8. The summed E-state index contributed by atoms with van der Waals surface area (Å²) in [7, 11) is 3.81. The second kappa shape index (κ2) is 16.6. The third-order valence-corrected chi connectivity index (χ3v) is 10.1. The van der Waals surface area contributed by atoms with Gasteiger partial charge in [0.15, 0.2) is 10.3 Å². The van der Waals surface area contributed by atoms with Crippen molar-refractivity contribution in [2.24, 2.45) is 0 Å². The van der Waals surface area contributed by atoms with Crippen molar-refractivity contribution in [3.05, 3.63) is 82.4 Å². The van der Waals surface area contributed by atoms with Crippen molar-refractivity contribution < 1.29 is 27.4 Å². The van der Waals surface area contributed by atoms with Gasteiger partial charge in [0.05, 0.1) is 95.0 Å². The van der Waals surface area contributed by atoms with Crippen LogP contribution in [0.3, 0.4) is 0 Å². The Morgan fingerprint density at radius 3 is 1.35 bits per heavy atom.